The Morgan fingerprint density at radius 3 is 3.11 bits per heavy atom. The molecule has 1 aliphatic carbocycles. The highest BCUT2D eigenvalue weighted by molar-refractivity contribution is 8.14. The molecule has 98 valence electrons. The molecule has 2 nitrogen and oxygen atoms in total. The Morgan fingerprint density at radius 1 is 1.44 bits per heavy atom. The number of hydrogen-bond acceptors (Lipinski definition) is 3. The molecule has 2 heterocycles. The zero-order valence-electron chi connectivity index (χ0n) is 11.0. The summed E-state index contributed by atoms with van der Waals surface area (Å²) in [5, 5.41) is 6.96. The largest absolute Gasteiger partial charge is 0.361 e. The van der Waals surface area contributed by atoms with Crippen molar-refractivity contribution in [1.29, 1.82) is 0 Å². The molecule has 0 radical (unpaired) electrons. The van der Waals surface area contributed by atoms with E-state index >= 15 is 0 Å². The average molecular weight is 280 g/mol. The van der Waals surface area contributed by atoms with Crippen LogP contribution in [0.4, 0.5) is 0 Å². The number of thiophene rings is 1. The van der Waals surface area contributed by atoms with Gasteiger partial charge in [-0.15, -0.1) is 11.3 Å². The van der Waals surface area contributed by atoms with E-state index in [0.717, 1.165) is 5.17 Å². The van der Waals surface area contributed by atoms with Crippen LogP contribution in [0.1, 0.15) is 43.2 Å². The third-order valence-electron chi connectivity index (χ3n) is 3.81. The molecule has 0 aromatic carbocycles. The van der Waals surface area contributed by atoms with Gasteiger partial charge in [0.25, 0.3) is 0 Å². The van der Waals surface area contributed by atoms with E-state index in [2.05, 4.69) is 30.6 Å². The van der Waals surface area contributed by atoms with Gasteiger partial charge in [-0.25, -0.2) is 0 Å². The highest BCUT2D eigenvalue weighted by Gasteiger charge is 2.26. The van der Waals surface area contributed by atoms with E-state index in [4.69, 9.17) is 4.99 Å². The number of nitrogens with one attached hydrogen (secondary N) is 1. The Balaban J connectivity index is 1.75. The summed E-state index contributed by atoms with van der Waals surface area (Å²) < 4.78 is 0. The minimum Gasteiger partial charge on any atom is -0.361 e. The molecule has 0 bridgehead atoms. The maximum absolute atomic E-state index is 4.96. The van der Waals surface area contributed by atoms with Gasteiger partial charge >= 0.3 is 0 Å². The molecule has 3 rings (SSSR count). The third kappa shape index (κ3) is 2.45. The first-order valence-corrected chi connectivity index (χ1v) is 8.64. The number of rotatable bonds is 2. The Bertz CT molecular complexity index is 450. The van der Waals surface area contributed by atoms with Gasteiger partial charge in [0, 0.05) is 16.7 Å². The van der Waals surface area contributed by atoms with E-state index in [1.165, 1.54) is 30.6 Å². The second-order valence-corrected chi connectivity index (χ2v) is 7.46. The van der Waals surface area contributed by atoms with Crippen LogP contribution in [0.25, 0.3) is 0 Å². The van der Waals surface area contributed by atoms with Crippen molar-refractivity contribution < 1.29 is 0 Å². The number of hydrogen-bond donors (Lipinski definition) is 1. The topological polar surface area (TPSA) is 24.4 Å². The van der Waals surface area contributed by atoms with E-state index in [1.54, 1.807) is 4.88 Å². The monoisotopic (exact) mass is 280 g/mol. The molecule has 18 heavy (non-hydrogen) atoms. The fourth-order valence-electron chi connectivity index (χ4n) is 2.58. The van der Waals surface area contributed by atoms with Crippen molar-refractivity contribution in [3.05, 3.63) is 21.9 Å². The van der Waals surface area contributed by atoms with Gasteiger partial charge < -0.3 is 5.32 Å². The van der Waals surface area contributed by atoms with E-state index in [1.807, 2.05) is 23.1 Å². The first kappa shape index (κ1) is 12.5. The molecule has 0 saturated carbocycles. The van der Waals surface area contributed by atoms with Crippen molar-refractivity contribution in [3.63, 3.8) is 0 Å². The maximum Gasteiger partial charge on any atom is 0.157 e. The van der Waals surface area contributed by atoms with Crippen LogP contribution >= 0.6 is 23.1 Å². The van der Waals surface area contributed by atoms with E-state index in [-0.39, 0.29) is 0 Å². The van der Waals surface area contributed by atoms with Gasteiger partial charge in [0.1, 0.15) is 0 Å². The summed E-state index contributed by atoms with van der Waals surface area (Å²) in [5.74, 6) is 1.85. The summed E-state index contributed by atoms with van der Waals surface area (Å²) in [7, 11) is 0. The molecule has 2 atom stereocenters. The fraction of sp³-hybridized carbons (Fsp3) is 0.643. The van der Waals surface area contributed by atoms with Crippen molar-refractivity contribution in [3.8, 4) is 0 Å². The predicted molar refractivity (Wildman–Crippen MR) is 81.7 cm³/mol. The van der Waals surface area contributed by atoms with E-state index in [0.29, 0.717) is 18.0 Å². The number of thioether (sulfide) groups is 1. The smallest absolute Gasteiger partial charge is 0.157 e. The van der Waals surface area contributed by atoms with Crippen molar-refractivity contribution in [2.75, 3.05) is 5.75 Å². The minimum absolute atomic E-state index is 0.404. The molecular weight excluding hydrogens is 260 g/mol. The molecule has 0 amide bonds. The van der Waals surface area contributed by atoms with Crippen molar-refractivity contribution in [1.82, 2.24) is 5.32 Å². The highest BCUT2D eigenvalue weighted by Crippen LogP contribution is 2.36. The Labute approximate surface area is 117 Å². The summed E-state index contributed by atoms with van der Waals surface area (Å²) in [6.07, 6.45) is 3.75. The molecule has 1 aromatic heterocycles. The molecule has 1 aromatic rings. The molecule has 1 N–H and O–H groups in total. The van der Waals surface area contributed by atoms with Gasteiger partial charge in [0.2, 0.25) is 0 Å². The van der Waals surface area contributed by atoms with Crippen LogP contribution in [0, 0.1) is 5.92 Å². The standard InChI is InChI=1S/C14H20N2S2/c1-9(2)12-8-18-14(16-12)15-11-4-3-5-13-10(11)6-7-17-13/h6-7,9,11-12H,3-5,8H2,1-2H3,(H,15,16). The average Bonchev–Trinajstić information content (AvgIpc) is 2.97. The normalized spacial score (nSPS) is 29.6. The minimum atomic E-state index is 0.404. The third-order valence-corrected chi connectivity index (χ3v) is 5.83. The van der Waals surface area contributed by atoms with Crippen LogP contribution in [-0.2, 0) is 6.42 Å². The van der Waals surface area contributed by atoms with Crippen molar-refractivity contribution in [2.24, 2.45) is 10.9 Å². The Morgan fingerprint density at radius 2 is 2.33 bits per heavy atom. The first-order valence-electron chi connectivity index (χ1n) is 6.77. The highest BCUT2D eigenvalue weighted by atomic mass is 32.2. The van der Waals surface area contributed by atoms with E-state index in [9.17, 15) is 0 Å². The zero-order valence-corrected chi connectivity index (χ0v) is 12.6. The lowest BCUT2D eigenvalue weighted by molar-refractivity contribution is 0.500. The summed E-state index contributed by atoms with van der Waals surface area (Å²) in [5.41, 5.74) is 1.48. The molecule has 2 aliphatic rings. The second kappa shape index (κ2) is 5.25. The lowest BCUT2D eigenvalue weighted by Crippen LogP contribution is -2.31. The molecule has 1 fully saturated rings. The van der Waals surface area contributed by atoms with Crippen molar-refractivity contribution in [2.45, 2.75) is 45.2 Å². The van der Waals surface area contributed by atoms with Crippen molar-refractivity contribution >= 4 is 28.3 Å². The summed E-state index contributed by atoms with van der Waals surface area (Å²) >= 11 is 3.79. The predicted octanol–water partition coefficient (Wildman–Crippen LogP) is 3.84. The van der Waals surface area contributed by atoms with Crippen LogP contribution in [-0.4, -0.2) is 17.0 Å². The van der Waals surface area contributed by atoms with Gasteiger partial charge in [0.05, 0.1) is 6.04 Å². The molecule has 1 aliphatic heterocycles. The lowest BCUT2D eigenvalue weighted by atomic mass is 9.95. The van der Waals surface area contributed by atoms with Crippen LogP contribution < -0.4 is 5.32 Å². The Hall–Kier alpha value is -0.480. The van der Waals surface area contributed by atoms with Gasteiger partial charge in [0.15, 0.2) is 5.17 Å². The zero-order chi connectivity index (χ0) is 12.5. The molecule has 0 spiro atoms. The molecule has 4 heteroatoms. The quantitative estimate of drug-likeness (QED) is 0.890. The van der Waals surface area contributed by atoms with Gasteiger partial charge in [-0.3, -0.25) is 4.99 Å². The fourth-order valence-corrected chi connectivity index (χ4v) is 4.81. The molecule has 2 unspecified atom stereocenters. The van der Waals surface area contributed by atoms with Gasteiger partial charge in [-0.05, 0) is 42.2 Å². The second-order valence-electron chi connectivity index (χ2n) is 5.45. The maximum atomic E-state index is 4.96. The lowest BCUT2D eigenvalue weighted by Gasteiger charge is -2.20. The first-order chi connectivity index (χ1) is 8.74. The summed E-state index contributed by atoms with van der Waals surface area (Å²) in [6.45, 7) is 4.55. The van der Waals surface area contributed by atoms with Gasteiger partial charge in [-0.2, -0.15) is 0 Å². The van der Waals surface area contributed by atoms with Gasteiger partial charge in [-0.1, -0.05) is 25.6 Å². The van der Waals surface area contributed by atoms with Crippen LogP contribution in [0.3, 0.4) is 0 Å². The number of aryl methyl sites for hydroxylation is 1. The SMILES string of the molecule is CC(C)C1CSC(=NC2CCCc3sccc32)N1. The number of nitrogens with zero attached hydrogens (tertiary/aromatic N) is 1. The Kier molecular flexibility index (Phi) is 3.66. The number of aliphatic imine (C=N–C) groups is 1. The van der Waals surface area contributed by atoms with E-state index < -0.39 is 0 Å². The van der Waals surface area contributed by atoms with Crippen LogP contribution in [0.5, 0.6) is 0 Å². The molecular formula is C14H20N2S2. The summed E-state index contributed by atoms with van der Waals surface area (Å²) in [6, 6.07) is 3.27. The number of amidine groups is 1. The summed E-state index contributed by atoms with van der Waals surface area (Å²) in [4.78, 5) is 6.51. The van der Waals surface area contributed by atoms with Crippen LogP contribution in [0.2, 0.25) is 0 Å². The number of fused-ring (bicyclic) bond motifs is 1. The van der Waals surface area contributed by atoms with Crippen LogP contribution in [0.15, 0.2) is 16.4 Å². The molecule has 1 saturated heterocycles.